The van der Waals surface area contributed by atoms with E-state index in [0.717, 1.165) is 16.7 Å². The number of halogens is 1. The number of ether oxygens (including phenoxy) is 1. The van der Waals surface area contributed by atoms with Crippen LogP contribution in [0, 0.1) is 18.8 Å². The number of aliphatic hydroxyl groups is 1. The molecule has 20 heavy (non-hydrogen) atoms. The molecule has 0 atom stereocenters. The van der Waals surface area contributed by atoms with Crippen molar-refractivity contribution in [2.75, 3.05) is 6.61 Å². The van der Waals surface area contributed by atoms with Gasteiger partial charge in [0.15, 0.2) is 0 Å². The summed E-state index contributed by atoms with van der Waals surface area (Å²) >= 11 is 6.18. The van der Waals surface area contributed by atoms with E-state index in [0.29, 0.717) is 17.4 Å². The molecule has 0 radical (unpaired) electrons. The van der Waals surface area contributed by atoms with Gasteiger partial charge in [0, 0.05) is 10.6 Å². The summed E-state index contributed by atoms with van der Waals surface area (Å²) in [7, 11) is 0. The number of para-hydroxylation sites is 1. The van der Waals surface area contributed by atoms with Crippen molar-refractivity contribution in [1.82, 2.24) is 0 Å². The standard InChI is InChI=1S/C17H15ClO2/c1-13-8-9-15(16(18)11-13)12-20-17-7-3-2-5-14(17)6-4-10-19/h2-3,5,7-9,11,19H,10,12H2,1H3. The lowest BCUT2D eigenvalue weighted by Gasteiger charge is -2.10. The van der Waals surface area contributed by atoms with Crippen LogP contribution in [-0.4, -0.2) is 11.7 Å². The average Bonchev–Trinajstić information content (AvgIpc) is 2.45. The Hall–Kier alpha value is -1.95. The normalized spacial score (nSPS) is 9.75. The molecule has 102 valence electrons. The van der Waals surface area contributed by atoms with Crippen molar-refractivity contribution in [2.24, 2.45) is 0 Å². The molecule has 0 bridgehead atoms. The molecular formula is C17H15ClO2. The van der Waals surface area contributed by atoms with Crippen LogP contribution >= 0.6 is 11.6 Å². The fourth-order valence-corrected chi connectivity index (χ4v) is 2.05. The van der Waals surface area contributed by atoms with Gasteiger partial charge in [-0.3, -0.25) is 0 Å². The van der Waals surface area contributed by atoms with Crippen molar-refractivity contribution in [3.63, 3.8) is 0 Å². The van der Waals surface area contributed by atoms with Crippen molar-refractivity contribution < 1.29 is 9.84 Å². The van der Waals surface area contributed by atoms with Gasteiger partial charge < -0.3 is 9.84 Å². The summed E-state index contributed by atoms with van der Waals surface area (Å²) < 4.78 is 5.77. The Morgan fingerprint density at radius 1 is 1.20 bits per heavy atom. The van der Waals surface area contributed by atoms with Gasteiger partial charge in [-0.1, -0.05) is 47.7 Å². The highest BCUT2D eigenvalue weighted by Gasteiger charge is 2.04. The van der Waals surface area contributed by atoms with Gasteiger partial charge in [0.05, 0.1) is 5.56 Å². The van der Waals surface area contributed by atoms with E-state index in [9.17, 15) is 0 Å². The number of aryl methyl sites for hydroxylation is 1. The lowest BCUT2D eigenvalue weighted by atomic mass is 10.1. The summed E-state index contributed by atoms with van der Waals surface area (Å²) in [4.78, 5) is 0. The first-order valence-corrected chi connectivity index (χ1v) is 6.65. The van der Waals surface area contributed by atoms with Crippen molar-refractivity contribution in [3.8, 4) is 17.6 Å². The molecule has 2 rings (SSSR count). The van der Waals surface area contributed by atoms with E-state index < -0.39 is 0 Å². The van der Waals surface area contributed by atoms with Crippen LogP contribution in [0.2, 0.25) is 5.02 Å². The summed E-state index contributed by atoms with van der Waals surface area (Å²) in [5.41, 5.74) is 2.81. The van der Waals surface area contributed by atoms with Crippen molar-refractivity contribution in [3.05, 3.63) is 64.2 Å². The SMILES string of the molecule is Cc1ccc(COc2ccccc2C#CCO)c(Cl)c1. The first kappa shape index (κ1) is 14.5. The van der Waals surface area contributed by atoms with Gasteiger partial charge >= 0.3 is 0 Å². The van der Waals surface area contributed by atoms with Crippen LogP contribution in [0.5, 0.6) is 5.75 Å². The minimum absolute atomic E-state index is 0.169. The zero-order valence-corrected chi connectivity index (χ0v) is 11.9. The van der Waals surface area contributed by atoms with Gasteiger partial charge in [-0.2, -0.15) is 0 Å². The maximum absolute atomic E-state index is 8.76. The third kappa shape index (κ3) is 3.77. The predicted molar refractivity (Wildman–Crippen MR) is 80.9 cm³/mol. The Morgan fingerprint density at radius 2 is 2.00 bits per heavy atom. The van der Waals surface area contributed by atoms with Gasteiger partial charge in [0.2, 0.25) is 0 Å². The third-order valence-electron chi connectivity index (χ3n) is 2.78. The van der Waals surface area contributed by atoms with Crippen LogP contribution < -0.4 is 4.74 Å². The van der Waals surface area contributed by atoms with E-state index in [1.54, 1.807) is 0 Å². The number of aliphatic hydroxyl groups excluding tert-OH is 1. The molecule has 0 amide bonds. The predicted octanol–water partition coefficient (Wildman–Crippen LogP) is 3.57. The molecule has 2 aromatic rings. The average molecular weight is 287 g/mol. The first-order chi connectivity index (χ1) is 9.70. The fourth-order valence-electron chi connectivity index (χ4n) is 1.76. The molecule has 0 aliphatic carbocycles. The molecule has 0 saturated heterocycles. The van der Waals surface area contributed by atoms with Gasteiger partial charge in [0.25, 0.3) is 0 Å². The van der Waals surface area contributed by atoms with Crippen LogP contribution in [0.15, 0.2) is 42.5 Å². The summed E-state index contributed by atoms with van der Waals surface area (Å²) in [5.74, 6) is 6.17. The molecule has 0 fully saturated rings. The van der Waals surface area contributed by atoms with Crippen LogP contribution in [0.4, 0.5) is 0 Å². The second-order valence-electron chi connectivity index (χ2n) is 4.34. The van der Waals surface area contributed by atoms with E-state index in [1.165, 1.54) is 0 Å². The minimum atomic E-state index is -0.169. The highest BCUT2D eigenvalue weighted by Crippen LogP contribution is 2.22. The van der Waals surface area contributed by atoms with E-state index in [-0.39, 0.29) is 6.61 Å². The Morgan fingerprint density at radius 3 is 2.75 bits per heavy atom. The van der Waals surface area contributed by atoms with Gasteiger partial charge in [0.1, 0.15) is 19.0 Å². The summed E-state index contributed by atoms with van der Waals surface area (Å²) in [6.07, 6.45) is 0. The fraction of sp³-hybridized carbons (Fsp3) is 0.176. The molecular weight excluding hydrogens is 272 g/mol. The molecule has 1 N–H and O–H groups in total. The lowest BCUT2D eigenvalue weighted by Crippen LogP contribution is -1.98. The maximum atomic E-state index is 8.76. The maximum Gasteiger partial charge on any atom is 0.135 e. The number of hydrogen-bond donors (Lipinski definition) is 1. The van der Waals surface area contributed by atoms with E-state index in [1.807, 2.05) is 49.4 Å². The smallest absolute Gasteiger partial charge is 0.135 e. The molecule has 0 saturated carbocycles. The van der Waals surface area contributed by atoms with E-state index in [2.05, 4.69) is 11.8 Å². The molecule has 0 aliphatic heterocycles. The Labute approximate surface area is 124 Å². The second kappa shape index (κ2) is 7.00. The minimum Gasteiger partial charge on any atom is -0.488 e. The molecule has 2 nitrogen and oxygen atoms in total. The highest BCUT2D eigenvalue weighted by atomic mass is 35.5. The zero-order chi connectivity index (χ0) is 14.4. The van der Waals surface area contributed by atoms with Crippen molar-refractivity contribution >= 4 is 11.6 Å². The third-order valence-corrected chi connectivity index (χ3v) is 3.13. The van der Waals surface area contributed by atoms with Crippen molar-refractivity contribution in [2.45, 2.75) is 13.5 Å². The highest BCUT2D eigenvalue weighted by molar-refractivity contribution is 6.31. The van der Waals surface area contributed by atoms with Gasteiger partial charge in [-0.05, 0) is 30.7 Å². The van der Waals surface area contributed by atoms with Gasteiger partial charge in [-0.15, -0.1) is 0 Å². The molecule has 0 aromatic heterocycles. The largest absolute Gasteiger partial charge is 0.488 e. The quantitative estimate of drug-likeness (QED) is 0.874. The van der Waals surface area contributed by atoms with Gasteiger partial charge in [-0.25, -0.2) is 0 Å². The zero-order valence-electron chi connectivity index (χ0n) is 11.2. The first-order valence-electron chi connectivity index (χ1n) is 6.27. The lowest BCUT2D eigenvalue weighted by molar-refractivity contribution is 0.305. The number of hydrogen-bond acceptors (Lipinski definition) is 2. The summed E-state index contributed by atoms with van der Waals surface area (Å²) in [6.45, 7) is 2.21. The number of rotatable bonds is 3. The molecule has 0 spiro atoms. The molecule has 0 heterocycles. The Bertz CT molecular complexity index is 654. The van der Waals surface area contributed by atoms with E-state index in [4.69, 9.17) is 21.4 Å². The molecule has 0 aliphatic rings. The van der Waals surface area contributed by atoms with Crippen LogP contribution in [0.3, 0.4) is 0 Å². The Kier molecular flexibility index (Phi) is 5.06. The second-order valence-corrected chi connectivity index (χ2v) is 4.75. The van der Waals surface area contributed by atoms with Crippen LogP contribution in [0.1, 0.15) is 16.7 Å². The summed E-state index contributed by atoms with van der Waals surface area (Å²) in [5, 5.41) is 9.45. The molecule has 2 aromatic carbocycles. The van der Waals surface area contributed by atoms with Crippen LogP contribution in [0.25, 0.3) is 0 Å². The molecule has 0 unspecified atom stereocenters. The topological polar surface area (TPSA) is 29.5 Å². The number of benzene rings is 2. The molecule has 3 heteroatoms. The summed E-state index contributed by atoms with van der Waals surface area (Å²) in [6, 6.07) is 13.3. The van der Waals surface area contributed by atoms with E-state index >= 15 is 0 Å². The Balaban J connectivity index is 2.14. The monoisotopic (exact) mass is 286 g/mol. The van der Waals surface area contributed by atoms with Crippen LogP contribution in [-0.2, 0) is 6.61 Å². The van der Waals surface area contributed by atoms with Crippen molar-refractivity contribution in [1.29, 1.82) is 0 Å².